The number of rotatable bonds is 6. The van der Waals surface area contributed by atoms with E-state index in [9.17, 15) is 9.90 Å². The molecule has 3 N–H and O–H groups in total. The Morgan fingerprint density at radius 1 is 1.20 bits per heavy atom. The van der Waals surface area contributed by atoms with Gasteiger partial charge in [0, 0.05) is 5.56 Å². The molecule has 130 valence electrons. The summed E-state index contributed by atoms with van der Waals surface area (Å²) < 4.78 is 0. The van der Waals surface area contributed by atoms with Crippen molar-refractivity contribution >= 4 is 16.9 Å². The highest BCUT2D eigenvalue weighted by molar-refractivity contribution is 5.94. The largest absolute Gasteiger partial charge is 0.392 e. The predicted molar refractivity (Wildman–Crippen MR) is 98.1 cm³/mol. The minimum atomic E-state index is -0.197. The minimum Gasteiger partial charge on any atom is -0.392 e. The van der Waals surface area contributed by atoms with Crippen molar-refractivity contribution in [3.8, 4) is 0 Å². The van der Waals surface area contributed by atoms with E-state index in [0.717, 1.165) is 28.8 Å². The lowest BCUT2D eigenvalue weighted by atomic mass is 10.0. The number of H-pyrrole nitrogens is 1. The van der Waals surface area contributed by atoms with Gasteiger partial charge < -0.3 is 15.4 Å². The van der Waals surface area contributed by atoms with Gasteiger partial charge in [-0.1, -0.05) is 38.1 Å². The van der Waals surface area contributed by atoms with Crippen molar-refractivity contribution < 1.29 is 9.90 Å². The maximum Gasteiger partial charge on any atom is 0.251 e. The molecule has 0 saturated carbocycles. The molecule has 0 aliphatic rings. The summed E-state index contributed by atoms with van der Waals surface area (Å²) in [6.07, 6.45) is 0.783. The topological polar surface area (TPSA) is 78.0 Å². The van der Waals surface area contributed by atoms with E-state index in [2.05, 4.69) is 29.1 Å². The number of nitrogens with one attached hydrogen (secondary N) is 2. The van der Waals surface area contributed by atoms with Gasteiger partial charge in [0.2, 0.25) is 0 Å². The summed E-state index contributed by atoms with van der Waals surface area (Å²) in [5.74, 6) is 1.00. The molecule has 0 saturated heterocycles. The lowest BCUT2D eigenvalue weighted by Crippen LogP contribution is -2.30. The van der Waals surface area contributed by atoms with E-state index in [1.807, 2.05) is 24.3 Å². The van der Waals surface area contributed by atoms with Gasteiger partial charge in [0.15, 0.2) is 0 Å². The molecule has 0 aliphatic carbocycles. The van der Waals surface area contributed by atoms with E-state index in [4.69, 9.17) is 0 Å². The molecule has 3 aromatic rings. The number of aliphatic hydroxyl groups excluding tert-OH is 1. The average molecular weight is 337 g/mol. The van der Waals surface area contributed by atoms with E-state index < -0.39 is 0 Å². The number of aliphatic hydroxyl groups is 1. The number of hydrogen-bond donors (Lipinski definition) is 3. The lowest BCUT2D eigenvalue weighted by molar-refractivity contribution is 0.0930. The molecule has 1 heterocycles. The Bertz CT molecular complexity index is 837. The van der Waals surface area contributed by atoms with E-state index >= 15 is 0 Å². The Morgan fingerprint density at radius 3 is 2.72 bits per heavy atom. The first-order valence-electron chi connectivity index (χ1n) is 8.52. The SMILES string of the molecule is CC(C)C[C@@H](NC(=O)c1cccc(CO)c1)c1nc2ccccc2[nH]1. The second kappa shape index (κ2) is 7.49. The molecule has 1 aromatic heterocycles. The van der Waals surface area contributed by atoms with Crippen LogP contribution in [0, 0.1) is 5.92 Å². The molecule has 1 atom stereocenters. The fraction of sp³-hybridized carbons (Fsp3) is 0.300. The van der Waals surface area contributed by atoms with Crippen LogP contribution in [0.15, 0.2) is 48.5 Å². The first-order valence-corrected chi connectivity index (χ1v) is 8.52. The molecule has 25 heavy (non-hydrogen) atoms. The maximum absolute atomic E-state index is 12.7. The normalized spacial score (nSPS) is 12.5. The highest BCUT2D eigenvalue weighted by Gasteiger charge is 2.20. The number of amides is 1. The zero-order valence-electron chi connectivity index (χ0n) is 14.5. The Morgan fingerprint density at radius 2 is 2.00 bits per heavy atom. The van der Waals surface area contributed by atoms with Crippen LogP contribution >= 0.6 is 0 Å². The van der Waals surface area contributed by atoms with Crippen LogP contribution in [0.2, 0.25) is 0 Å². The molecule has 0 unspecified atom stereocenters. The third kappa shape index (κ3) is 4.06. The van der Waals surface area contributed by atoms with Crippen LogP contribution in [-0.2, 0) is 6.61 Å². The second-order valence-corrected chi connectivity index (χ2v) is 6.65. The van der Waals surface area contributed by atoms with Gasteiger partial charge in [0.05, 0.1) is 23.7 Å². The molecule has 0 spiro atoms. The molecule has 3 rings (SSSR count). The number of imidazole rings is 1. The van der Waals surface area contributed by atoms with Crippen LogP contribution in [0.3, 0.4) is 0 Å². The van der Waals surface area contributed by atoms with Gasteiger partial charge in [0.1, 0.15) is 5.82 Å². The molecule has 1 amide bonds. The number of hydrogen-bond acceptors (Lipinski definition) is 3. The van der Waals surface area contributed by atoms with E-state index in [0.29, 0.717) is 11.5 Å². The van der Waals surface area contributed by atoms with Gasteiger partial charge in [-0.2, -0.15) is 0 Å². The quantitative estimate of drug-likeness (QED) is 0.643. The zero-order valence-corrected chi connectivity index (χ0v) is 14.5. The van der Waals surface area contributed by atoms with Gasteiger partial charge in [-0.25, -0.2) is 4.98 Å². The number of carbonyl (C=O) groups is 1. The smallest absolute Gasteiger partial charge is 0.251 e. The van der Waals surface area contributed by atoms with Crippen LogP contribution in [0.4, 0.5) is 0 Å². The van der Waals surface area contributed by atoms with Crippen LogP contribution in [0.25, 0.3) is 11.0 Å². The Balaban J connectivity index is 1.86. The van der Waals surface area contributed by atoms with Crippen molar-refractivity contribution in [3.05, 3.63) is 65.5 Å². The zero-order chi connectivity index (χ0) is 17.8. The van der Waals surface area contributed by atoms with Crippen LogP contribution in [0.5, 0.6) is 0 Å². The first-order chi connectivity index (χ1) is 12.1. The molecule has 0 radical (unpaired) electrons. The van der Waals surface area contributed by atoms with Gasteiger partial charge in [-0.3, -0.25) is 4.79 Å². The second-order valence-electron chi connectivity index (χ2n) is 6.65. The van der Waals surface area contributed by atoms with E-state index in [1.54, 1.807) is 24.3 Å². The van der Waals surface area contributed by atoms with Crippen LogP contribution in [-0.4, -0.2) is 21.0 Å². The van der Waals surface area contributed by atoms with Crippen LogP contribution < -0.4 is 5.32 Å². The molecule has 5 nitrogen and oxygen atoms in total. The van der Waals surface area contributed by atoms with E-state index in [-0.39, 0.29) is 18.6 Å². The summed E-state index contributed by atoms with van der Waals surface area (Å²) in [5, 5.41) is 12.3. The monoisotopic (exact) mass is 337 g/mol. The fourth-order valence-corrected chi connectivity index (χ4v) is 2.90. The molecule has 2 aromatic carbocycles. The molecule has 0 fully saturated rings. The van der Waals surface area contributed by atoms with Gasteiger partial charge in [-0.15, -0.1) is 0 Å². The number of nitrogens with zero attached hydrogens (tertiary/aromatic N) is 1. The first kappa shape index (κ1) is 17.2. The number of fused-ring (bicyclic) bond motifs is 1. The number of benzene rings is 2. The number of aromatic amines is 1. The van der Waals surface area contributed by atoms with Crippen molar-refractivity contribution in [2.45, 2.75) is 32.9 Å². The summed E-state index contributed by atoms with van der Waals surface area (Å²) in [6.45, 7) is 4.16. The van der Waals surface area contributed by atoms with Crippen molar-refractivity contribution in [1.82, 2.24) is 15.3 Å². The Kier molecular flexibility index (Phi) is 5.14. The Hall–Kier alpha value is -2.66. The highest BCUT2D eigenvalue weighted by atomic mass is 16.3. The summed E-state index contributed by atoms with van der Waals surface area (Å²) >= 11 is 0. The fourth-order valence-electron chi connectivity index (χ4n) is 2.90. The lowest BCUT2D eigenvalue weighted by Gasteiger charge is -2.19. The number of aromatic nitrogens is 2. The highest BCUT2D eigenvalue weighted by Crippen LogP contribution is 2.22. The molecular formula is C20H23N3O2. The minimum absolute atomic E-state index is 0.0832. The molecular weight excluding hydrogens is 314 g/mol. The molecule has 0 bridgehead atoms. The summed E-state index contributed by atoms with van der Waals surface area (Å²) in [4.78, 5) is 20.6. The van der Waals surface area contributed by atoms with E-state index in [1.165, 1.54) is 0 Å². The summed E-state index contributed by atoms with van der Waals surface area (Å²) in [5.41, 5.74) is 3.11. The van der Waals surface area contributed by atoms with Gasteiger partial charge in [-0.05, 0) is 42.2 Å². The summed E-state index contributed by atoms with van der Waals surface area (Å²) in [6, 6.07) is 14.7. The van der Waals surface area contributed by atoms with Gasteiger partial charge in [0.25, 0.3) is 5.91 Å². The van der Waals surface area contributed by atoms with Crippen molar-refractivity contribution in [1.29, 1.82) is 0 Å². The third-order valence-corrected chi connectivity index (χ3v) is 4.12. The number of carbonyl (C=O) groups excluding carboxylic acids is 1. The Labute approximate surface area is 147 Å². The average Bonchev–Trinajstić information content (AvgIpc) is 3.05. The predicted octanol–water partition coefficient (Wildman–Crippen LogP) is 3.57. The number of para-hydroxylation sites is 2. The van der Waals surface area contributed by atoms with Crippen molar-refractivity contribution in [3.63, 3.8) is 0 Å². The standard InChI is InChI=1S/C20H23N3O2/c1-13(2)10-18(19-21-16-8-3-4-9-17(16)22-19)23-20(25)15-7-5-6-14(11-15)12-24/h3-9,11,13,18,24H,10,12H2,1-2H3,(H,21,22)(H,23,25)/t18-/m1/s1. The summed E-state index contributed by atoms with van der Waals surface area (Å²) in [7, 11) is 0. The van der Waals surface area contributed by atoms with Crippen molar-refractivity contribution in [2.24, 2.45) is 5.92 Å². The molecule has 0 aliphatic heterocycles. The molecule has 5 heteroatoms. The maximum atomic E-state index is 12.7. The van der Waals surface area contributed by atoms with Crippen molar-refractivity contribution in [2.75, 3.05) is 0 Å². The van der Waals surface area contributed by atoms with Crippen LogP contribution in [0.1, 0.15) is 48.1 Å². The van der Waals surface area contributed by atoms with Gasteiger partial charge >= 0.3 is 0 Å². The third-order valence-electron chi connectivity index (χ3n) is 4.12.